The maximum atomic E-state index is 4.08. The van der Waals surface area contributed by atoms with Gasteiger partial charge < -0.3 is 5.32 Å². The second kappa shape index (κ2) is 3.60. The van der Waals surface area contributed by atoms with Gasteiger partial charge in [-0.15, -0.1) is 0 Å². The molecule has 1 aliphatic carbocycles. The number of rotatable bonds is 3. The van der Waals surface area contributed by atoms with E-state index in [2.05, 4.69) is 43.2 Å². The van der Waals surface area contributed by atoms with Gasteiger partial charge in [0.25, 0.3) is 0 Å². The zero-order chi connectivity index (χ0) is 10.9. The largest absolute Gasteiger partial charge is 0.311 e. The van der Waals surface area contributed by atoms with E-state index in [0.29, 0.717) is 5.41 Å². The molecule has 1 aromatic heterocycles. The van der Waals surface area contributed by atoms with Gasteiger partial charge in [-0.05, 0) is 51.3 Å². The van der Waals surface area contributed by atoms with Gasteiger partial charge in [-0.25, -0.2) is 0 Å². The van der Waals surface area contributed by atoms with Crippen LogP contribution in [-0.2, 0) is 5.41 Å². The van der Waals surface area contributed by atoms with E-state index in [0.717, 1.165) is 6.54 Å². The van der Waals surface area contributed by atoms with E-state index in [4.69, 9.17) is 0 Å². The van der Waals surface area contributed by atoms with Gasteiger partial charge in [-0.1, -0.05) is 0 Å². The predicted molar refractivity (Wildman–Crippen MR) is 62.9 cm³/mol. The van der Waals surface area contributed by atoms with Gasteiger partial charge in [0.05, 0.1) is 0 Å². The molecule has 0 amide bonds. The second-order valence-corrected chi connectivity index (χ2v) is 5.62. The van der Waals surface area contributed by atoms with E-state index in [1.807, 2.05) is 12.4 Å². The Balaban J connectivity index is 2.03. The maximum Gasteiger partial charge on any atom is 0.0270 e. The standard InChI is InChI=1S/C13H20N2/c1-12(2,3)15-10-13(6-7-13)11-4-8-14-9-5-11/h4-5,8-9,15H,6-7,10H2,1-3H3. The number of aromatic nitrogens is 1. The van der Waals surface area contributed by atoms with Crippen molar-refractivity contribution >= 4 is 0 Å². The van der Waals surface area contributed by atoms with E-state index in [1.54, 1.807) is 0 Å². The van der Waals surface area contributed by atoms with Crippen molar-refractivity contribution in [2.45, 2.75) is 44.6 Å². The Bertz CT molecular complexity index is 320. The molecule has 2 rings (SSSR count). The zero-order valence-corrected chi connectivity index (χ0v) is 9.88. The third-order valence-corrected chi connectivity index (χ3v) is 3.10. The molecule has 1 fully saturated rings. The van der Waals surface area contributed by atoms with Gasteiger partial charge in [0.15, 0.2) is 0 Å². The number of pyridine rings is 1. The van der Waals surface area contributed by atoms with Crippen LogP contribution in [-0.4, -0.2) is 17.1 Å². The molecule has 1 N–H and O–H groups in total. The van der Waals surface area contributed by atoms with Crippen LogP contribution in [0.3, 0.4) is 0 Å². The molecule has 1 heterocycles. The van der Waals surface area contributed by atoms with Crippen molar-refractivity contribution in [2.24, 2.45) is 0 Å². The lowest BCUT2D eigenvalue weighted by Gasteiger charge is -2.25. The summed E-state index contributed by atoms with van der Waals surface area (Å²) in [6.45, 7) is 7.74. The summed E-state index contributed by atoms with van der Waals surface area (Å²) in [6.07, 6.45) is 6.40. The number of hydrogen-bond donors (Lipinski definition) is 1. The highest BCUT2D eigenvalue weighted by Gasteiger charge is 2.44. The summed E-state index contributed by atoms with van der Waals surface area (Å²) in [5, 5.41) is 3.60. The summed E-state index contributed by atoms with van der Waals surface area (Å²) in [5.74, 6) is 0. The molecular weight excluding hydrogens is 184 g/mol. The van der Waals surface area contributed by atoms with E-state index >= 15 is 0 Å². The molecule has 0 radical (unpaired) electrons. The Morgan fingerprint density at radius 2 is 1.87 bits per heavy atom. The Hall–Kier alpha value is -0.890. The monoisotopic (exact) mass is 204 g/mol. The normalized spacial score (nSPS) is 18.9. The van der Waals surface area contributed by atoms with Crippen LogP contribution in [0.1, 0.15) is 39.2 Å². The Morgan fingerprint density at radius 1 is 1.27 bits per heavy atom. The lowest BCUT2D eigenvalue weighted by molar-refractivity contribution is 0.399. The van der Waals surface area contributed by atoms with E-state index in [-0.39, 0.29) is 5.54 Å². The molecule has 0 bridgehead atoms. The molecule has 2 heteroatoms. The quantitative estimate of drug-likeness (QED) is 0.818. The molecule has 0 aromatic carbocycles. The van der Waals surface area contributed by atoms with Crippen LogP contribution in [0.25, 0.3) is 0 Å². The molecule has 0 unspecified atom stereocenters. The van der Waals surface area contributed by atoms with E-state index in [1.165, 1.54) is 18.4 Å². The minimum Gasteiger partial charge on any atom is -0.311 e. The third-order valence-electron chi connectivity index (χ3n) is 3.10. The highest BCUT2D eigenvalue weighted by Crippen LogP contribution is 2.47. The lowest BCUT2D eigenvalue weighted by Crippen LogP contribution is -2.40. The highest BCUT2D eigenvalue weighted by molar-refractivity contribution is 5.30. The van der Waals surface area contributed by atoms with Crippen LogP contribution in [0.5, 0.6) is 0 Å². The third kappa shape index (κ3) is 2.57. The van der Waals surface area contributed by atoms with Crippen molar-refractivity contribution in [3.05, 3.63) is 30.1 Å². The van der Waals surface area contributed by atoms with Crippen molar-refractivity contribution in [1.29, 1.82) is 0 Å². The molecule has 82 valence electrons. The van der Waals surface area contributed by atoms with Crippen molar-refractivity contribution in [1.82, 2.24) is 10.3 Å². The van der Waals surface area contributed by atoms with Crippen LogP contribution in [0.4, 0.5) is 0 Å². The zero-order valence-electron chi connectivity index (χ0n) is 9.88. The van der Waals surface area contributed by atoms with E-state index in [9.17, 15) is 0 Å². The predicted octanol–water partition coefficient (Wildman–Crippen LogP) is 2.50. The molecule has 1 aromatic rings. The SMILES string of the molecule is CC(C)(C)NCC1(c2ccncc2)CC1. The molecule has 15 heavy (non-hydrogen) atoms. The summed E-state index contributed by atoms with van der Waals surface area (Å²) < 4.78 is 0. The first-order valence-corrected chi connectivity index (χ1v) is 5.67. The smallest absolute Gasteiger partial charge is 0.0270 e. The van der Waals surface area contributed by atoms with Gasteiger partial charge in [0.2, 0.25) is 0 Å². The molecule has 0 spiro atoms. The number of hydrogen-bond acceptors (Lipinski definition) is 2. The molecule has 0 saturated heterocycles. The molecular formula is C13H20N2. The summed E-state index contributed by atoms with van der Waals surface area (Å²) in [5.41, 5.74) is 2.05. The highest BCUT2D eigenvalue weighted by atomic mass is 15.0. The summed E-state index contributed by atoms with van der Waals surface area (Å²) in [4.78, 5) is 4.08. The summed E-state index contributed by atoms with van der Waals surface area (Å²) in [6, 6.07) is 4.30. The Kier molecular flexibility index (Phi) is 2.55. The van der Waals surface area contributed by atoms with Crippen LogP contribution >= 0.6 is 0 Å². The first kappa shape index (κ1) is 10.6. The van der Waals surface area contributed by atoms with Crippen molar-refractivity contribution in [3.8, 4) is 0 Å². The summed E-state index contributed by atoms with van der Waals surface area (Å²) in [7, 11) is 0. The van der Waals surface area contributed by atoms with Gasteiger partial charge in [0, 0.05) is 29.9 Å². The van der Waals surface area contributed by atoms with E-state index < -0.39 is 0 Å². The topological polar surface area (TPSA) is 24.9 Å². The number of nitrogens with zero attached hydrogens (tertiary/aromatic N) is 1. The fourth-order valence-corrected chi connectivity index (χ4v) is 1.86. The summed E-state index contributed by atoms with van der Waals surface area (Å²) >= 11 is 0. The maximum absolute atomic E-state index is 4.08. The molecule has 1 aliphatic rings. The Morgan fingerprint density at radius 3 is 2.33 bits per heavy atom. The minimum atomic E-state index is 0.211. The van der Waals surface area contributed by atoms with Gasteiger partial charge in [-0.3, -0.25) is 4.98 Å². The molecule has 0 atom stereocenters. The van der Waals surface area contributed by atoms with Crippen LogP contribution in [0, 0.1) is 0 Å². The molecule has 2 nitrogen and oxygen atoms in total. The van der Waals surface area contributed by atoms with Gasteiger partial charge in [0.1, 0.15) is 0 Å². The second-order valence-electron chi connectivity index (χ2n) is 5.62. The first-order chi connectivity index (χ1) is 7.02. The van der Waals surface area contributed by atoms with Gasteiger partial charge in [-0.2, -0.15) is 0 Å². The fourth-order valence-electron chi connectivity index (χ4n) is 1.86. The molecule has 1 saturated carbocycles. The van der Waals surface area contributed by atoms with Crippen LogP contribution in [0.15, 0.2) is 24.5 Å². The fraction of sp³-hybridized carbons (Fsp3) is 0.615. The molecule has 0 aliphatic heterocycles. The lowest BCUT2D eigenvalue weighted by atomic mass is 9.95. The van der Waals surface area contributed by atoms with Crippen molar-refractivity contribution in [3.63, 3.8) is 0 Å². The Labute approximate surface area is 92.1 Å². The van der Waals surface area contributed by atoms with Gasteiger partial charge >= 0.3 is 0 Å². The van der Waals surface area contributed by atoms with Crippen LogP contribution in [0.2, 0.25) is 0 Å². The minimum absolute atomic E-state index is 0.211. The average Bonchev–Trinajstić information content (AvgIpc) is 2.96. The van der Waals surface area contributed by atoms with Crippen LogP contribution < -0.4 is 5.32 Å². The first-order valence-electron chi connectivity index (χ1n) is 5.67. The van der Waals surface area contributed by atoms with Crippen molar-refractivity contribution in [2.75, 3.05) is 6.54 Å². The average molecular weight is 204 g/mol. The number of nitrogens with one attached hydrogen (secondary N) is 1. The van der Waals surface area contributed by atoms with Crippen molar-refractivity contribution < 1.29 is 0 Å².